The number of fused-ring (bicyclic) bond motifs is 2. The van der Waals surface area contributed by atoms with Crippen LogP contribution in [0.2, 0.25) is 0 Å². The molecule has 0 bridgehead atoms. The van der Waals surface area contributed by atoms with E-state index in [-0.39, 0.29) is 5.91 Å². The van der Waals surface area contributed by atoms with Crippen molar-refractivity contribution >= 4 is 27.5 Å². The van der Waals surface area contributed by atoms with Crippen molar-refractivity contribution in [2.24, 2.45) is 0 Å². The molecule has 0 spiro atoms. The predicted octanol–water partition coefficient (Wildman–Crippen LogP) is 5.05. The topological polar surface area (TPSA) is 56.0 Å². The molecule has 0 N–H and O–H groups in total. The Morgan fingerprint density at radius 1 is 1.00 bits per heavy atom. The van der Waals surface area contributed by atoms with E-state index in [0.29, 0.717) is 18.7 Å². The van der Waals surface area contributed by atoms with E-state index in [1.54, 1.807) is 11.3 Å². The van der Waals surface area contributed by atoms with Crippen molar-refractivity contribution in [1.82, 2.24) is 24.2 Å². The van der Waals surface area contributed by atoms with E-state index >= 15 is 0 Å². The van der Waals surface area contributed by atoms with Gasteiger partial charge in [0.05, 0.1) is 40.2 Å². The van der Waals surface area contributed by atoms with Gasteiger partial charge in [-0.1, -0.05) is 6.07 Å². The number of carbonyl (C=O) groups excluding carboxylic acids is 1. The monoisotopic (exact) mass is 439 g/mol. The van der Waals surface area contributed by atoms with Crippen LogP contribution in [0.25, 0.3) is 21.7 Å². The first-order valence-electron chi connectivity index (χ1n) is 10.5. The van der Waals surface area contributed by atoms with Crippen LogP contribution < -0.4 is 0 Å². The van der Waals surface area contributed by atoms with E-state index in [9.17, 15) is 4.79 Å². The van der Waals surface area contributed by atoms with Crippen LogP contribution in [0.4, 0.5) is 0 Å². The SMILES string of the molecule is Cc1ccc(-n2nc3c(c2-n2cccc2)CN(C(=O)c2ccc4ncsc4c2)C3)cc1C. The average Bonchev–Trinajstić information content (AvgIpc) is 3.57. The van der Waals surface area contributed by atoms with Crippen LogP contribution in [0.5, 0.6) is 0 Å². The Balaban J connectivity index is 1.39. The lowest BCUT2D eigenvalue weighted by Crippen LogP contribution is -2.26. The van der Waals surface area contributed by atoms with Crippen LogP contribution in [-0.2, 0) is 13.1 Å². The van der Waals surface area contributed by atoms with Crippen molar-refractivity contribution in [3.63, 3.8) is 0 Å². The molecule has 0 aliphatic carbocycles. The zero-order chi connectivity index (χ0) is 21.8. The lowest BCUT2D eigenvalue weighted by Gasteiger charge is -2.18. The van der Waals surface area contributed by atoms with E-state index in [4.69, 9.17) is 5.10 Å². The molecule has 0 atom stereocenters. The van der Waals surface area contributed by atoms with Crippen molar-refractivity contribution in [3.05, 3.63) is 94.4 Å². The van der Waals surface area contributed by atoms with Crippen LogP contribution in [0.1, 0.15) is 32.7 Å². The smallest absolute Gasteiger partial charge is 0.254 e. The minimum atomic E-state index is 0.0227. The molecule has 1 aliphatic rings. The van der Waals surface area contributed by atoms with Crippen molar-refractivity contribution < 1.29 is 4.79 Å². The fourth-order valence-electron chi connectivity index (χ4n) is 4.29. The molecule has 6 nitrogen and oxygen atoms in total. The summed E-state index contributed by atoms with van der Waals surface area (Å²) in [6.45, 7) is 5.27. The fraction of sp³-hybridized carbons (Fsp3) is 0.160. The van der Waals surface area contributed by atoms with Gasteiger partial charge in [0.15, 0.2) is 0 Å². The van der Waals surface area contributed by atoms with E-state index in [1.165, 1.54) is 11.1 Å². The van der Waals surface area contributed by atoms with Gasteiger partial charge in [0, 0.05) is 23.5 Å². The van der Waals surface area contributed by atoms with Gasteiger partial charge in [-0.05, 0) is 67.4 Å². The number of aromatic nitrogens is 4. The third-order valence-corrected chi connectivity index (χ3v) is 6.97. The summed E-state index contributed by atoms with van der Waals surface area (Å²) in [7, 11) is 0. The molecule has 6 rings (SSSR count). The molecule has 0 fully saturated rings. The second-order valence-electron chi connectivity index (χ2n) is 8.22. The van der Waals surface area contributed by atoms with Crippen molar-refractivity contribution in [2.75, 3.05) is 0 Å². The molecule has 0 saturated carbocycles. The summed E-state index contributed by atoms with van der Waals surface area (Å²) in [6, 6.07) is 16.1. The molecule has 4 heterocycles. The first-order chi connectivity index (χ1) is 15.6. The van der Waals surface area contributed by atoms with Crippen LogP contribution in [0.15, 0.2) is 66.4 Å². The largest absolute Gasteiger partial charge is 0.328 e. The number of carbonyl (C=O) groups is 1. The standard InChI is InChI=1S/C25H21N5OS/c1-16-5-7-19(11-17(16)2)30-24(28-9-3-4-10-28)20-13-29(14-22(20)27-30)25(31)18-6-8-21-23(12-18)32-15-26-21/h3-12,15H,13-14H2,1-2H3. The van der Waals surface area contributed by atoms with Gasteiger partial charge in [0.25, 0.3) is 5.91 Å². The van der Waals surface area contributed by atoms with Crippen LogP contribution >= 0.6 is 11.3 Å². The van der Waals surface area contributed by atoms with Gasteiger partial charge in [-0.25, -0.2) is 9.67 Å². The lowest BCUT2D eigenvalue weighted by molar-refractivity contribution is 0.0749. The zero-order valence-corrected chi connectivity index (χ0v) is 18.6. The van der Waals surface area contributed by atoms with Crippen LogP contribution in [-0.4, -0.2) is 30.1 Å². The predicted molar refractivity (Wildman–Crippen MR) is 126 cm³/mol. The third kappa shape index (κ3) is 2.97. The Hall–Kier alpha value is -3.71. The van der Waals surface area contributed by atoms with E-state index in [0.717, 1.165) is 33.0 Å². The van der Waals surface area contributed by atoms with Gasteiger partial charge in [-0.2, -0.15) is 5.10 Å². The molecule has 3 aromatic heterocycles. The van der Waals surface area contributed by atoms with Gasteiger partial charge in [0.1, 0.15) is 5.82 Å². The minimum absolute atomic E-state index is 0.0227. The molecule has 0 unspecified atom stereocenters. The number of hydrogen-bond donors (Lipinski definition) is 0. The highest BCUT2D eigenvalue weighted by atomic mass is 32.1. The van der Waals surface area contributed by atoms with E-state index in [1.807, 2.05) is 57.8 Å². The first-order valence-corrected chi connectivity index (χ1v) is 11.4. The maximum Gasteiger partial charge on any atom is 0.254 e. The summed E-state index contributed by atoms with van der Waals surface area (Å²) in [5, 5.41) is 4.95. The summed E-state index contributed by atoms with van der Waals surface area (Å²) in [5.74, 6) is 1.01. The van der Waals surface area contributed by atoms with Gasteiger partial charge < -0.3 is 9.47 Å². The molecule has 2 aromatic carbocycles. The number of nitrogens with zero attached hydrogens (tertiary/aromatic N) is 5. The van der Waals surface area contributed by atoms with Crippen LogP contribution in [0, 0.1) is 13.8 Å². The number of hydrogen-bond acceptors (Lipinski definition) is 4. The highest BCUT2D eigenvalue weighted by Crippen LogP contribution is 2.32. The van der Waals surface area contributed by atoms with Gasteiger partial charge in [-0.3, -0.25) is 4.79 Å². The Kier molecular flexibility index (Phi) is 4.26. The van der Waals surface area contributed by atoms with E-state index < -0.39 is 0 Å². The summed E-state index contributed by atoms with van der Waals surface area (Å²) >= 11 is 1.55. The Labute approximate surface area is 189 Å². The molecule has 0 radical (unpaired) electrons. The van der Waals surface area contributed by atoms with Crippen molar-refractivity contribution in [2.45, 2.75) is 26.9 Å². The molecule has 1 aliphatic heterocycles. The average molecular weight is 440 g/mol. The molecule has 1 amide bonds. The number of aryl methyl sites for hydroxylation is 2. The quantitative estimate of drug-likeness (QED) is 0.395. The second kappa shape index (κ2) is 7.17. The molecular weight excluding hydrogens is 418 g/mol. The van der Waals surface area contributed by atoms with E-state index in [2.05, 4.69) is 41.6 Å². The summed E-state index contributed by atoms with van der Waals surface area (Å²) < 4.78 is 5.11. The second-order valence-corrected chi connectivity index (χ2v) is 9.10. The number of benzene rings is 2. The molecular formula is C25H21N5OS. The number of thiazole rings is 1. The molecule has 158 valence electrons. The highest BCUT2D eigenvalue weighted by Gasteiger charge is 2.32. The molecule has 32 heavy (non-hydrogen) atoms. The maximum absolute atomic E-state index is 13.3. The van der Waals surface area contributed by atoms with Gasteiger partial charge in [0.2, 0.25) is 0 Å². The fourth-order valence-corrected chi connectivity index (χ4v) is 5.01. The third-order valence-electron chi connectivity index (χ3n) is 6.18. The minimum Gasteiger partial charge on any atom is -0.328 e. The van der Waals surface area contributed by atoms with Crippen molar-refractivity contribution in [1.29, 1.82) is 0 Å². The number of amides is 1. The zero-order valence-electron chi connectivity index (χ0n) is 17.8. The molecule has 7 heteroatoms. The molecule has 5 aromatic rings. The Morgan fingerprint density at radius 2 is 1.84 bits per heavy atom. The number of rotatable bonds is 3. The highest BCUT2D eigenvalue weighted by molar-refractivity contribution is 7.16. The van der Waals surface area contributed by atoms with Crippen LogP contribution in [0.3, 0.4) is 0 Å². The normalized spacial score (nSPS) is 13.1. The van der Waals surface area contributed by atoms with Gasteiger partial charge in [-0.15, -0.1) is 11.3 Å². The first kappa shape index (κ1) is 19.0. The summed E-state index contributed by atoms with van der Waals surface area (Å²) in [4.78, 5) is 19.5. The Morgan fingerprint density at radius 3 is 2.66 bits per heavy atom. The maximum atomic E-state index is 13.3. The summed E-state index contributed by atoms with van der Waals surface area (Å²) in [6.07, 6.45) is 4.05. The molecule has 0 saturated heterocycles. The van der Waals surface area contributed by atoms with Crippen molar-refractivity contribution in [3.8, 4) is 11.5 Å². The summed E-state index contributed by atoms with van der Waals surface area (Å²) in [5.41, 5.74) is 8.97. The lowest BCUT2D eigenvalue weighted by atomic mass is 10.1. The Bertz CT molecular complexity index is 1480. The van der Waals surface area contributed by atoms with Gasteiger partial charge >= 0.3 is 0 Å².